The van der Waals surface area contributed by atoms with Gasteiger partial charge in [0.1, 0.15) is 5.01 Å². The minimum absolute atomic E-state index is 0.0703. The van der Waals surface area contributed by atoms with Gasteiger partial charge in [0.15, 0.2) is 0 Å². The third-order valence-electron chi connectivity index (χ3n) is 5.05. The first kappa shape index (κ1) is 19.1. The number of nitrogens with zero attached hydrogens (tertiary/aromatic N) is 2. The Labute approximate surface area is 172 Å². The van der Waals surface area contributed by atoms with Crippen molar-refractivity contribution in [1.82, 2.24) is 15.2 Å². The van der Waals surface area contributed by atoms with Crippen molar-refractivity contribution in [2.75, 3.05) is 13.1 Å². The number of fused-ring (bicyclic) bond motifs is 1. The van der Waals surface area contributed by atoms with E-state index in [1.807, 2.05) is 39.9 Å². The number of nitrogens with one attached hydrogen (secondary N) is 1. The topological polar surface area (TPSA) is 62.3 Å². The van der Waals surface area contributed by atoms with Crippen LogP contribution in [0.1, 0.15) is 53.5 Å². The molecule has 0 spiro atoms. The highest BCUT2D eigenvalue weighted by molar-refractivity contribution is 7.18. The molecule has 1 aromatic carbocycles. The number of thiazole rings is 1. The molecule has 1 aliphatic heterocycles. The SMILES string of the molecule is O=C(NCCCC(=O)N1CCCCC1c1nc2ccccc2s1)c1ccsc1. The van der Waals surface area contributed by atoms with E-state index in [1.54, 1.807) is 11.3 Å². The van der Waals surface area contributed by atoms with Crippen LogP contribution in [-0.2, 0) is 4.79 Å². The van der Waals surface area contributed by atoms with E-state index in [-0.39, 0.29) is 17.9 Å². The van der Waals surface area contributed by atoms with E-state index in [0.717, 1.165) is 36.3 Å². The Morgan fingerprint density at radius 2 is 2.11 bits per heavy atom. The Balaban J connectivity index is 1.34. The number of carbonyl (C=O) groups excluding carboxylic acids is 2. The number of likely N-dealkylation sites (tertiary alicyclic amines) is 1. The highest BCUT2D eigenvalue weighted by Crippen LogP contribution is 2.35. The van der Waals surface area contributed by atoms with E-state index >= 15 is 0 Å². The molecule has 5 nitrogen and oxygen atoms in total. The molecule has 7 heteroatoms. The third kappa shape index (κ3) is 4.25. The van der Waals surface area contributed by atoms with Gasteiger partial charge < -0.3 is 10.2 Å². The van der Waals surface area contributed by atoms with Crippen LogP contribution in [0.25, 0.3) is 10.2 Å². The number of thiophene rings is 1. The van der Waals surface area contributed by atoms with E-state index in [0.29, 0.717) is 24.9 Å². The van der Waals surface area contributed by atoms with Crippen molar-refractivity contribution < 1.29 is 9.59 Å². The first-order chi connectivity index (χ1) is 13.7. The van der Waals surface area contributed by atoms with Gasteiger partial charge in [-0.3, -0.25) is 9.59 Å². The van der Waals surface area contributed by atoms with Gasteiger partial charge in [0.05, 0.1) is 16.3 Å². The maximum Gasteiger partial charge on any atom is 0.252 e. The predicted octanol–water partition coefficient (Wildman–Crippen LogP) is 4.62. The van der Waals surface area contributed by atoms with Gasteiger partial charge in [0.2, 0.25) is 5.91 Å². The van der Waals surface area contributed by atoms with Crippen molar-refractivity contribution in [3.05, 3.63) is 51.7 Å². The molecule has 1 unspecified atom stereocenters. The number of aromatic nitrogens is 1. The summed E-state index contributed by atoms with van der Waals surface area (Å²) in [4.78, 5) is 31.6. The average Bonchev–Trinajstić information content (AvgIpc) is 3.40. The molecule has 1 aliphatic rings. The second-order valence-corrected chi connectivity index (χ2v) is 8.83. The summed E-state index contributed by atoms with van der Waals surface area (Å²) in [5.74, 6) is 0.0905. The molecule has 1 saturated heterocycles. The van der Waals surface area contributed by atoms with Crippen molar-refractivity contribution in [3.63, 3.8) is 0 Å². The molecule has 28 heavy (non-hydrogen) atoms. The van der Waals surface area contributed by atoms with Crippen molar-refractivity contribution in [2.24, 2.45) is 0 Å². The Bertz CT molecular complexity index is 919. The number of carbonyl (C=O) groups is 2. The lowest BCUT2D eigenvalue weighted by Gasteiger charge is -2.34. The molecular formula is C21H23N3O2S2. The molecule has 1 atom stereocenters. The number of hydrogen-bond donors (Lipinski definition) is 1. The molecule has 146 valence electrons. The Hall–Kier alpha value is -2.25. The van der Waals surface area contributed by atoms with Crippen LogP contribution in [0.2, 0.25) is 0 Å². The number of hydrogen-bond acceptors (Lipinski definition) is 5. The molecule has 3 heterocycles. The van der Waals surface area contributed by atoms with Gasteiger partial charge in [-0.1, -0.05) is 12.1 Å². The Kier molecular flexibility index (Phi) is 6.02. The zero-order valence-corrected chi connectivity index (χ0v) is 17.2. The van der Waals surface area contributed by atoms with Crippen LogP contribution in [0, 0.1) is 0 Å². The van der Waals surface area contributed by atoms with E-state index in [4.69, 9.17) is 4.98 Å². The summed E-state index contributed by atoms with van der Waals surface area (Å²) in [6, 6.07) is 10.0. The summed E-state index contributed by atoms with van der Waals surface area (Å²) < 4.78 is 1.17. The molecule has 0 saturated carbocycles. The quantitative estimate of drug-likeness (QED) is 0.600. The minimum atomic E-state index is -0.0703. The third-order valence-corrected chi connectivity index (χ3v) is 6.88. The van der Waals surface area contributed by atoms with Crippen LogP contribution in [-0.4, -0.2) is 34.8 Å². The second kappa shape index (κ2) is 8.84. The van der Waals surface area contributed by atoms with Crippen LogP contribution in [0.15, 0.2) is 41.1 Å². The smallest absolute Gasteiger partial charge is 0.252 e. The summed E-state index contributed by atoms with van der Waals surface area (Å²) in [5.41, 5.74) is 1.69. The Morgan fingerprint density at radius 1 is 1.21 bits per heavy atom. The molecule has 0 aliphatic carbocycles. The van der Waals surface area contributed by atoms with E-state index in [1.165, 1.54) is 16.0 Å². The van der Waals surface area contributed by atoms with Gasteiger partial charge in [0.25, 0.3) is 5.91 Å². The number of rotatable bonds is 6. The molecule has 0 bridgehead atoms. The monoisotopic (exact) mass is 413 g/mol. The molecular weight excluding hydrogens is 390 g/mol. The molecule has 2 aromatic heterocycles. The normalized spacial score (nSPS) is 17.0. The lowest BCUT2D eigenvalue weighted by atomic mass is 10.0. The molecule has 1 N–H and O–H groups in total. The van der Waals surface area contributed by atoms with Crippen molar-refractivity contribution in [1.29, 1.82) is 0 Å². The predicted molar refractivity (Wildman–Crippen MR) is 114 cm³/mol. The molecule has 0 radical (unpaired) electrons. The fourth-order valence-corrected chi connectivity index (χ4v) is 5.35. The van der Waals surface area contributed by atoms with Crippen LogP contribution in [0.3, 0.4) is 0 Å². The van der Waals surface area contributed by atoms with E-state index in [9.17, 15) is 9.59 Å². The number of piperidine rings is 1. The molecule has 1 fully saturated rings. The zero-order chi connectivity index (χ0) is 19.3. The summed E-state index contributed by atoms with van der Waals surface area (Å²) in [7, 11) is 0. The maximum atomic E-state index is 12.9. The number of benzene rings is 1. The fourth-order valence-electron chi connectivity index (χ4n) is 3.60. The average molecular weight is 414 g/mol. The zero-order valence-electron chi connectivity index (χ0n) is 15.6. The minimum Gasteiger partial charge on any atom is -0.352 e. The summed E-state index contributed by atoms with van der Waals surface area (Å²) in [5, 5.41) is 7.65. The second-order valence-electron chi connectivity index (χ2n) is 6.99. The van der Waals surface area contributed by atoms with E-state index < -0.39 is 0 Å². The summed E-state index contributed by atoms with van der Waals surface area (Å²) in [6.07, 6.45) is 4.24. The lowest BCUT2D eigenvalue weighted by Crippen LogP contribution is -2.38. The highest BCUT2D eigenvalue weighted by Gasteiger charge is 2.29. The molecule has 2 amide bonds. The number of amides is 2. The molecule has 3 aromatic rings. The van der Waals surface area contributed by atoms with E-state index in [2.05, 4.69) is 11.4 Å². The Morgan fingerprint density at radius 3 is 2.93 bits per heavy atom. The fraction of sp³-hybridized carbons (Fsp3) is 0.381. The highest BCUT2D eigenvalue weighted by atomic mass is 32.1. The standard InChI is InChI=1S/C21H23N3O2S2/c25-19(9-5-11-22-20(26)15-10-13-27-14-15)24-12-4-3-7-17(24)21-23-16-6-1-2-8-18(16)28-21/h1-2,6,8,10,13-14,17H,3-5,7,9,11-12H2,(H,22,26). The first-order valence-corrected chi connectivity index (χ1v) is 11.4. The van der Waals surface area contributed by atoms with Crippen LogP contribution < -0.4 is 5.32 Å². The molecule has 4 rings (SSSR count). The summed E-state index contributed by atoms with van der Waals surface area (Å²) >= 11 is 3.20. The van der Waals surface area contributed by atoms with Crippen LogP contribution >= 0.6 is 22.7 Å². The van der Waals surface area contributed by atoms with Gasteiger partial charge in [0, 0.05) is 30.5 Å². The lowest BCUT2D eigenvalue weighted by molar-refractivity contribution is -0.135. The summed E-state index contributed by atoms with van der Waals surface area (Å²) in [6.45, 7) is 1.31. The van der Waals surface area contributed by atoms with Gasteiger partial charge in [-0.2, -0.15) is 11.3 Å². The van der Waals surface area contributed by atoms with Crippen molar-refractivity contribution in [3.8, 4) is 0 Å². The number of para-hydroxylation sites is 1. The first-order valence-electron chi connectivity index (χ1n) is 9.68. The van der Waals surface area contributed by atoms with Gasteiger partial charge in [-0.25, -0.2) is 4.98 Å². The van der Waals surface area contributed by atoms with Gasteiger partial charge in [-0.05, 0) is 49.3 Å². The van der Waals surface area contributed by atoms with Crippen LogP contribution in [0.5, 0.6) is 0 Å². The van der Waals surface area contributed by atoms with Gasteiger partial charge >= 0.3 is 0 Å². The largest absolute Gasteiger partial charge is 0.352 e. The van der Waals surface area contributed by atoms with Crippen LogP contribution in [0.4, 0.5) is 0 Å². The van der Waals surface area contributed by atoms with Crippen molar-refractivity contribution >= 4 is 44.7 Å². The van der Waals surface area contributed by atoms with Crippen molar-refractivity contribution in [2.45, 2.75) is 38.1 Å². The maximum absolute atomic E-state index is 12.9. The van der Waals surface area contributed by atoms with Gasteiger partial charge in [-0.15, -0.1) is 11.3 Å².